The molecule has 0 bridgehead atoms. The van der Waals surface area contributed by atoms with E-state index in [1.807, 2.05) is 0 Å². The van der Waals surface area contributed by atoms with Crippen molar-refractivity contribution in [3.8, 4) is 0 Å². The van der Waals surface area contributed by atoms with Crippen molar-refractivity contribution in [1.82, 2.24) is 15.2 Å². The summed E-state index contributed by atoms with van der Waals surface area (Å²) < 4.78 is 36.9. The molecule has 0 amide bonds. The van der Waals surface area contributed by atoms with Gasteiger partial charge in [0.1, 0.15) is 0 Å². The van der Waals surface area contributed by atoms with Gasteiger partial charge in [0.2, 0.25) is 0 Å². The lowest BCUT2D eigenvalue weighted by Crippen LogP contribution is -2.08. The molecule has 0 saturated heterocycles. The Hall–Kier alpha value is -1.59. The molecule has 3 nitrogen and oxygen atoms in total. The summed E-state index contributed by atoms with van der Waals surface area (Å²) in [7, 11) is 0. The number of hydrogen-bond acceptors (Lipinski definition) is 2. The van der Waals surface area contributed by atoms with Crippen molar-refractivity contribution in [2.75, 3.05) is 0 Å². The third-order valence-electron chi connectivity index (χ3n) is 1.63. The molecular weight excluding hydrogens is 183 g/mol. The first-order valence-corrected chi connectivity index (χ1v) is 3.44. The van der Waals surface area contributed by atoms with Crippen LogP contribution in [0, 0.1) is 0 Å². The number of aromatic nitrogens is 3. The Morgan fingerprint density at radius 2 is 2.08 bits per heavy atom. The van der Waals surface area contributed by atoms with Crippen LogP contribution in [0.15, 0.2) is 18.5 Å². The molecule has 0 aliphatic heterocycles. The summed E-state index contributed by atoms with van der Waals surface area (Å²) in [5.41, 5.74) is -1.00. The predicted octanol–water partition coefficient (Wildman–Crippen LogP) is 1.98. The lowest BCUT2D eigenvalue weighted by molar-refractivity contribution is -0.139. The lowest BCUT2D eigenvalue weighted by atomic mass is 10.2. The number of pyridine rings is 1. The summed E-state index contributed by atoms with van der Waals surface area (Å²) in [6, 6.07) is 1.47. The molecule has 0 unspecified atom stereocenters. The number of nitrogens with one attached hydrogen (secondary N) is 1. The third kappa shape index (κ3) is 1.24. The Kier molecular flexibility index (Phi) is 1.51. The second-order valence-corrected chi connectivity index (χ2v) is 2.49. The highest BCUT2D eigenvalue weighted by Gasteiger charge is 2.35. The molecule has 2 aromatic heterocycles. The molecule has 0 aromatic carbocycles. The van der Waals surface area contributed by atoms with Gasteiger partial charge in [0.25, 0.3) is 0 Å². The fourth-order valence-electron chi connectivity index (χ4n) is 1.08. The zero-order valence-electron chi connectivity index (χ0n) is 6.26. The molecule has 0 aliphatic rings. The molecule has 6 heteroatoms. The molecule has 13 heavy (non-hydrogen) atoms. The highest BCUT2D eigenvalue weighted by Crippen LogP contribution is 2.31. The maximum absolute atomic E-state index is 12.3. The van der Waals surface area contributed by atoms with Crippen molar-refractivity contribution in [2.24, 2.45) is 0 Å². The summed E-state index contributed by atoms with van der Waals surface area (Å²) >= 11 is 0. The van der Waals surface area contributed by atoms with E-state index in [0.29, 0.717) is 5.39 Å². The van der Waals surface area contributed by atoms with Gasteiger partial charge >= 0.3 is 6.18 Å². The highest BCUT2D eigenvalue weighted by molar-refractivity contribution is 5.79. The molecular formula is C7H4F3N3. The van der Waals surface area contributed by atoms with Crippen LogP contribution in [0.5, 0.6) is 0 Å². The van der Waals surface area contributed by atoms with Gasteiger partial charge in [0.15, 0.2) is 5.69 Å². The largest absolute Gasteiger partial charge is 0.435 e. The van der Waals surface area contributed by atoms with Crippen molar-refractivity contribution in [2.45, 2.75) is 6.18 Å². The fraction of sp³-hybridized carbons (Fsp3) is 0.143. The predicted molar refractivity (Wildman–Crippen MR) is 38.9 cm³/mol. The summed E-state index contributed by atoms with van der Waals surface area (Å²) in [5.74, 6) is 0. The summed E-state index contributed by atoms with van der Waals surface area (Å²) in [6.07, 6.45) is -2.00. The number of hydrogen-bond donors (Lipinski definition) is 1. The van der Waals surface area contributed by atoms with E-state index >= 15 is 0 Å². The second kappa shape index (κ2) is 2.45. The van der Waals surface area contributed by atoms with Gasteiger partial charge in [-0.15, -0.1) is 0 Å². The zero-order chi connectivity index (χ0) is 9.47. The van der Waals surface area contributed by atoms with Crippen LogP contribution in [0.4, 0.5) is 13.2 Å². The average Bonchev–Trinajstić information content (AvgIpc) is 2.48. The maximum Gasteiger partial charge on any atom is 0.435 e. The molecule has 68 valence electrons. The lowest BCUT2D eigenvalue weighted by Gasteiger charge is -2.04. The molecule has 0 atom stereocenters. The SMILES string of the molecule is FC(F)(F)c1nccc2cn[nH]c12. The number of alkyl halides is 3. The molecule has 0 fully saturated rings. The normalized spacial score (nSPS) is 12.2. The van der Waals surface area contributed by atoms with Gasteiger partial charge in [-0.25, -0.2) is 4.98 Å². The molecule has 0 aliphatic carbocycles. The number of nitrogens with zero attached hydrogens (tertiary/aromatic N) is 2. The van der Waals surface area contributed by atoms with Crippen LogP contribution in [0.3, 0.4) is 0 Å². The first-order chi connectivity index (χ1) is 6.09. The first-order valence-electron chi connectivity index (χ1n) is 3.44. The topological polar surface area (TPSA) is 41.6 Å². The molecule has 2 rings (SSSR count). The van der Waals surface area contributed by atoms with Gasteiger partial charge in [-0.3, -0.25) is 5.10 Å². The second-order valence-electron chi connectivity index (χ2n) is 2.49. The highest BCUT2D eigenvalue weighted by atomic mass is 19.4. The van der Waals surface area contributed by atoms with E-state index < -0.39 is 11.9 Å². The van der Waals surface area contributed by atoms with Crippen molar-refractivity contribution in [3.63, 3.8) is 0 Å². The van der Waals surface area contributed by atoms with Crippen LogP contribution in [-0.2, 0) is 6.18 Å². The van der Waals surface area contributed by atoms with Gasteiger partial charge in [0.05, 0.1) is 11.7 Å². The Labute approximate surface area is 70.6 Å². The monoisotopic (exact) mass is 187 g/mol. The Morgan fingerprint density at radius 3 is 2.77 bits per heavy atom. The van der Waals surface area contributed by atoms with E-state index in [2.05, 4.69) is 15.2 Å². The van der Waals surface area contributed by atoms with Crippen LogP contribution in [0.1, 0.15) is 5.69 Å². The number of aromatic amines is 1. The Morgan fingerprint density at radius 1 is 1.31 bits per heavy atom. The molecule has 0 spiro atoms. The quantitative estimate of drug-likeness (QED) is 0.685. The fourth-order valence-corrected chi connectivity index (χ4v) is 1.08. The van der Waals surface area contributed by atoms with E-state index in [-0.39, 0.29) is 5.52 Å². The molecule has 1 N–H and O–H groups in total. The van der Waals surface area contributed by atoms with Crippen LogP contribution < -0.4 is 0 Å². The van der Waals surface area contributed by atoms with E-state index in [0.717, 1.165) is 6.20 Å². The van der Waals surface area contributed by atoms with Gasteiger partial charge in [-0.05, 0) is 6.07 Å². The van der Waals surface area contributed by atoms with Gasteiger partial charge in [-0.2, -0.15) is 18.3 Å². The average molecular weight is 187 g/mol. The smallest absolute Gasteiger partial charge is 0.276 e. The Balaban J connectivity index is 2.75. The summed E-state index contributed by atoms with van der Waals surface area (Å²) in [6.45, 7) is 0. The molecule has 0 radical (unpaired) electrons. The summed E-state index contributed by atoms with van der Waals surface area (Å²) in [5, 5.41) is 6.18. The van der Waals surface area contributed by atoms with E-state index in [4.69, 9.17) is 0 Å². The Bertz CT molecular complexity index is 432. The van der Waals surface area contributed by atoms with Crippen molar-refractivity contribution < 1.29 is 13.2 Å². The number of H-pyrrole nitrogens is 1. The van der Waals surface area contributed by atoms with E-state index in [1.165, 1.54) is 12.3 Å². The molecule has 2 aromatic rings. The number of fused-ring (bicyclic) bond motifs is 1. The first kappa shape index (κ1) is 8.03. The minimum atomic E-state index is -4.44. The van der Waals surface area contributed by atoms with Gasteiger partial charge in [0, 0.05) is 11.6 Å². The van der Waals surface area contributed by atoms with Gasteiger partial charge < -0.3 is 0 Å². The molecule has 0 saturated carbocycles. The standard InChI is InChI=1S/C7H4F3N3/c8-7(9,10)6-5-4(1-2-11-6)3-12-13-5/h1-3H,(H,12,13). The molecule has 2 heterocycles. The van der Waals surface area contributed by atoms with Crippen LogP contribution in [0.25, 0.3) is 10.9 Å². The van der Waals surface area contributed by atoms with Gasteiger partial charge in [-0.1, -0.05) is 0 Å². The van der Waals surface area contributed by atoms with Crippen LogP contribution in [-0.4, -0.2) is 15.2 Å². The van der Waals surface area contributed by atoms with Crippen molar-refractivity contribution >= 4 is 10.9 Å². The van der Waals surface area contributed by atoms with Crippen LogP contribution >= 0.6 is 0 Å². The maximum atomic E-state index is 12.3. The minimum absolute atomic E-state index is 0.0741. The van der Waals surface area contributed by atoms with E-state index in [1.54, 1.807) is 0 Å². The summed E-state index contributed by atoms with van der Waals surface area (Å²) in [4.78, 5) is 3.25. The number of rotatable bonds is 0. The van der Waals surface area contributed by atoms with E-state index in [9.17, 15) is 13.2 Å². The van der Waals surface area contributed by atoms with Crippen LogP contribution in [0.2, 0.25) is 0 Å². The van der Waals surface area contributed by atoms with Crippen molar-refractivity contribution in [3.05, 3.63) is 24.2 Å². The minimum Gasteiger partial charge on any atom is -0.276 e. The van der Waals surface area contributed by atoms with Crippen molar-refractivity contribution in [1.29, 1.82) is 0 Å². The third-order valence-corrected chi connectivity index (χ3v) is 1.63. The zero-order valence-corrected chi connectivity index (χ0v) is 6.26. The number of halogens is 3.